The fraction of sp³-hybridized carbons (Fsp3) is 0. The standard InChI is InChI=1S/C12H9F2NO3S/c13-8-1-6-12(11(14)7-8)18-9-2-4-10(5-3-9)19(15,16)17/h1-7H,(H2,15,16,17). The molecule has 0 atom stereocenters. The van der Waals surface area contributed by atoms with E-state index in [0.717, 1.165) is 12.1 Å². The Morgan fingerprint density at radius 1 is 1.00 bits per heavy atom. The number of hydrogen-bond donors (Lipinski definition) is 1. The summed E-state index contributed by atoms with van der Waals surface area (Å²) < 4.78 is 53.2. The van der Waals surface area contributed by atoms with E-state index in [2.05, 4.69) is 0 Å². The highest BCUT2D eigenvalue weighted by atomic mass is 32.2. The van der Waals surface area contributed by atoms with Crippen molar-refractivity contribution >= 4 is 10.0 Å². The maximum atomic E-state index is 13.3. The minimum absolute atomic E-state index is 0.0839. The van der Waals surface area contributed by atoms with E-state index in [9.17, 15) is 17.2 Å². The number of sulfonamides is 1. The Labute approximate surface area is 108 Å². The Kier molecular flexibility index (Phi) is 3.50. The van der Waals surface area contributed by atoms with E-state index in [1.807, 2.05) is 0 Å². The predicted octanol–water partition coefficient (Wildman–Crippen LogP) is 2.40. The third-order valence-corrected chi connectivity index (χ3v) is 3.20. The van der Waals surface area contributed by atoms with Gasteiger partial charge in [0.1, 0.15) is 11.6 Å². The molecule has 19 heavy (non-hydrogen) atoms. The Hall–Kier alpha value is -1.99. The van der Waals surface area contributed by atoms with Gasteiger partial charge in [0.2, 0.25) is 10.0 Å². The van der Waals surface area contributed by atoms with Crippen molar-refractivity contribution < 1.29 is 21.9 Å². The second-order valence-electron chi connectivity index (χ2n) is 3.69. The monoisotopic (exact) mass is 285 g/mol. The summed E-state index contributed by atoms with van der Waals surface area (Å²) >= 11 is 0. The van der Waals surface area contributed by atoms with E-state index < -0.39 is 21.7 Å². The normalized spacial score (nSPS) is 11.3. The van der Waals surface area contributed by atoms with E-state index in [1.165, 1.54) is 24.3 Å². The molecule has 0 aromatic heterocycles. The summed E-state index contributed by atoms with van der Waals surface area (Å²) in [6.07, 6.45) is 0. The molecule has 7 heteroatoms. The van der Waals surface area contributed by atoms with E-state index in [4.69, 9.17) is 9.88 Å². The summed E-state index contributed by atoms with van der Waals surface area (Å²) in [6.45, 7) is 0. The van der Waals surface area contributed by atoms with Gasteiger partial charge in [-0.05, 0) is 36.4 Å². The molecular formula is C12H9F2NO3S. The zero-order valence-corrected chi connectivity index (χ0v) is 10.3. The van der Waals surface area contributed by atoms with Crippen LogP contribution in [0.3, 0.4) is 0 Å². The highest BCUT2D eigenvalue weighted by molar-refractivity contribution is 7.89. The van der Waals surface area contributed by atoms with Crippen molar-refractivity contribution in [2.24, 2.45) is 5.14 Å². The first-order valence-corrected chi connectivity index (χ1v) is 6.67. The number of rotatable bonds is 3. The maximum Gasteiger partial charge on any atom is 0.238 e. The second kappa shape index (κ2) is 4.94. The lowest BCUT2D eigenvalue weighted by Gasteiger charge is -2.07. The largest absolute Gasteiger partial charge is 0.454 e. The van der Waals surface area contributed by atoms with Crippen LogP contribution >= 0.6 is 0 Å². The summed E-state index contributed by atoms with van der Waals surface area (Å²) in [6, 6.07) is 7.98. The van der Waals surface area contributed by atoms with E-state index in [1.54, 1.807) is 0 Å². The van der Waals surface area contributed by atoms with Gasteiger partial charge in [-0.2, -0.15) is 0 Å². The van der Waals surface area contributed by atoms with Gasteiger partial charge in [0.25, 0.3) is 0 Å². The molecular weight excluding hydrogens is 276 g/mol. The Morgan fingerprint density at radius 3 is 2.16 bits per heavy atom. The first-order chi connectivity index (χ1) is 8.86. The molecule has 0 radical (unpaired) electrons. The van der Waals surface area contributed by atoms with Crippen LogP contribution in [0.1, 0.15) is 0 Å². The zero-order chi connectivity index (χ0) is 14.0. The van der Waals surface area contributed by atoms with Crippen molar-refractivity contribution in [3.63, 3.8) is 0 Å². The fourth-order valence-corrected chi connectivity index (χ4v) is 1.90. The molecule has 0 saturated carbocycles. The lowest BCUT2D eigenvalue weighted by molar-refractivity contribution is 0.437. The number of primary sulfonamides is 1. The van der Waals surface area contributed by atoms with Crippen LogP contribution in [0.25, 0.3) is 0 Å². The first kappa shape index (κ1) is 13.4. The van der Waals surface area contributed by atoms with Crippen molar-refractivity contribution in [2.75, 3.05) is 0 Å². The van der Waals surface area contributed by atoms with Crippen LogP contribution in [0, 0.1) is 11.6 Å². The maximum absolute atomic E-state index is 13.3. The van der Waals surface area contributed by atoms with Gasteiger partial charge in [-0.15, -0.1) is 0 Å². The van der Waals surface area contributed by atoms with Gasteiger partial charge in [-0.25, -0.2) is 22.3 Å². The van der Waals surface area contributed by atoms with Crippen molar-refractivity contribution in [3.8, 4) is 11.5 Å². The van der Waals surface area contributed by atoms with Crippen LogP contribution in [0.5, 0.6) is 11.5 Å². The van der Waals surface area contributed by atoms with Gasteiger partial charge in [0.15, 0.2) is 11.6 Å². The van der Waals surface area contributed by atoms with E-state index in [-0.39, 0.29) is 16.4 Å². The van der Waals surface area contributed by atoms with Gasteiger partial charge >= 0.3 is 0 Å². The summed E-state index contributed by atoms with van der Waals surface area (Å²) in [7, 11) is -3.79. The molecule has 0 aliphatic rings. The molecule has 0 spiro atoms. The molecule has 2 N–H and O–H groups in total. The van der Waals surface area contributed by atoms with Crippen LogP contribution < -0.4 is 9.88 Å². The Morgan fingerprint density at radius 2 is 1.63 bits per heavy atom. The quantitative estimate of drug-likeness (QED) is 0.941. The number of hydrogen-bond acceptors (Lipinski definition) is 3. The van der Waals surface area contributed by atoms with Crippen LogP contribution in [-0.2, 0) is 10.0 Å². The smallest absolute Gasteiger partial charge is 0.238 e. The molecule has 100 valence electrons. The molecule has 0 unspecified atom stereocenters. The molecule has 2 rings (SSSR count). The zero-order valence-electron chi connectivity index (χ0n) is 9.51. The Bertz CT molecular complexity index is 699. The molecule has 0 saturated heterocycles. The van der Waals surface area contributed by atoms with Crippen LogP contribution in [0.4, 0.5) is 8.78 Å². The second-order valence-corrected chi connectivity index (χ2v) is 5.25. The van der Waals surface area contributed by atoms with Gasteiger partial charge in [0.05, 0.1) is 4.90 Å². The summed E-state index contributed by atoms with van der Waals surface area (Å²) in [5.74, 6) is -1.52. The summed E-state index contributed by atoms with van der Waals surface area (Å²) in [5, 5.41) is 4.93. The topological polar surface area (TPSA) is 69.4 Å². The van der Waals surface area contributed by atoms with Gasteiger partial charge < -0.3 is 4.74 Å². The average Bonchev–Trinajstić information content (AvgIpc) is 2.32. The fourth-order valence-electron chi connectivity index (χ4n) is 1.38. The lowest BCUT2D eigenvalue weighted by Crippen LogP contribution is -2.11. The number of halogens is 2. The molecule has 0 fully saturated rings. The average molecular weight is 285 g/mol. The third-order valence-electron chi connectivity index (χ3n) is 2.27. The Balaban J connectivity index is 2.25. The number of ether oxygens (including phenoxy) is 1. The van der Waals surface area contributed by atoms with Crippen LogP contribution in [0.15, 0.2) is 47.4 Å². The van der Waals surface area contributed by atoms with Crippen LogP contribution in [0.2, 0.25) is 0 Å². The van der Waals surface area contributed by atoms with E-state index >= 15 is 0 Å². The predicted molar refractivity (Wildman–Crippen MR) is 64.2 cm³/mol. The van der Waals surface area contributed by atoms with Crippen molar-refractivity contribution in [3.05, 3.63) is 54.1 Å². The lowest BCUT2D eigenvalue weighted by atomic mass is 10.3. The van der Waals surface area contributed by atoms with Gasteiger partial charge in [-0.3, -0.25) is 0 Å². The third kappa shape index (κ3) is 3.27. The molecule has 0 amide bonds. The molecule has 0 bridgehead atoms. The highest BCUT2D eigenvalue weighted by Crippen LogP contribution is 2.25. The first-order valence-electron chi connectivity index (χ1n) is 5.12. The molecule has 0 heterocycles. The van der Waals surface area contributed by atoms with Crippen molar-refractivity contribution in [1.82, 2.24) is 0 Å². The van der Waals surface area contributed by atoms with E-state index in [0.29, 0.717) is 6.07 Å². The molecule has 4 nitrogen and oxygen atoms in total. The van der Waals surface area contributed by atoms with Gasteiger partial charge in [-0.1, -0.05) is 0 Å². The SMILES string of the molecule is NS(=O)(=O)c1ccc(Oc2ccc(F)cc2F)cc1. The van der Waals surface area contributed by atoms with Gasteiger partial charge in [0, 0.05) is 6.07 Å². The summed E-state index contributed by atoms with van der Waals surface area (Å²) in [5.41, 5.74) is 0. The van der Waals surface area contributed by atoms with Crippen LogP contribution in [-0.4, -0.2) is 8.42 Å². The number of nitrogens with two attached hydrogens (primary N) is 1. The highest BCUT2D eigenvalue weighted by Gasteiger charge is 2.09. The minimum Gasteiger partial charge on any atom is -0.454 e. The molecule has 2 aromatic carbocycles. The number of benzene rings is 2. The van der Waals surface area contributed by atoms with Crippen molar-refractivity contribution in [1.29, 1.82) is 0 Å². The molecule has 0 aliphatic carbocycles. The minimum atomic E-state index is -3.79. The summed E-state index contributed by atoms with van der Waals surface area (Å²) in [4.78, 5) is -0.0839. The molecule has 2 aromatic rings. The van der Waals surface area contributed by atoms with Crippen molar-refractivity contribution in [2.45, 2.75) is 4.90 Å². The molecule has 0 aliphatic heterocycles.